The molecule has 0 aliphatic heterocycles. The van der Waals surface area contributed by atoms with Crippen LogP contribution in [-0.4, -0.2) is 27.6 Å². The lowest BCUT2D eigenvalue weighted by atomic mass is 10.2. The molecule has 0 saturated heterocycles. The van der Waals surface area contributed by atoms with E-state index in [1.54, 1.807) is 0 Å². The largest absolute Gasteiger partial charge is 0.768 e. The second-order valence-electron chi connectivity index (χ2n) is 3.20. The first-order valence-corrected chi connectivity index (χ1v) is 6.02. The standard InChI is InChI=1S/C11H12O5S/c12-7-1-2-8-16-11(13)9-3-5-10(6-4-9)17(14)15/h3-7H,1-2,8H2,(H,14,15)/p-1. The van der Waals surface area contributed by atoms with Crippen molar-refractivity contribution in [2.45, 2.75) is 17.7 Å². The van der Waals surface area contributed by atoms with Gasteiger partial charge >= 0.3 is 5.97 Å². The third kappa shape index (κ3) is 4.46. The van der Waals surface area contributed by atoms with E-state index in [9.17, 15) is 18.4 Å². The van der Waals surface area contributed by atoms with Crippen LogP contribution in [0, 0.1) is 0 Å². The normalized spacial score (nSPS) is 11.8. The lowest BCUT2D eigenvalue weighted by molar-refractivity contribution is -0.108. The zero-order valence-corrected chi connectivity index (χ0v) is 9.77. The molecule has 0 bridgehead atoms. The lowest BCUT2D eigenvalue weighted by Crippen LogP contribution is -2.06. The van der Waals surface area contributed by atoms with Gasteiger partial charge in [-0.15, -0.1) is 0 Å². The van der Waals surface area contributed by atoms with Gasteiger partial charge in [0, 0.05) is 11.3 Å². The van der Waals surface area contributed by atoms with E-state index in [0.29, 0.717) is 12.8 Å². The molecule has 0 aliphatic rings. The predicted octanol–water partition coefficient (Wildman–Crippen LogP) is 1.06. The van der Waals surface area contributed by atoms with Crippen LogP contribution in [0.25, 0.3) is 0 Å². The van der Waals surface area contributed by atoms with Gasteiger partial charge in [0.25, 0.3) is 0 Å². The van der Waals surface area contributed by atoms with Gasteiger partial charge in [-0.05, 0) is 41.8 Å². The summed E-state index contributed by atoms with van der Waals surface area (Å²) in [5.41, 5.74) is 0.283. The van der Waals surface area contributed by atoms with Crippen LogP contribution in [0.1, 0.15) is 23.2 Å². The van der Waals surface area contributed by atoms with Crippen LogP contribution in [-0.2, 0) is 20.6 Å². The number of hydrogen-bond acceptors (Lipinski definition) is 5. The van der Waals surface area contributed by atoms with Crippen molar-refractivity contribution in [2.24, 2.45) is 0 Å². The second-order valence-corrected chi connectivity index (χ2v) is 4.14. The fourth-order valence-corrected chi connectivity index (χ4v) is 1.48. The maximum absolute atomic E-state index is 11.4. The summed E-state index contributed by atoms with van der Waals surface area (Å²) in [5.74, 6) is -0.529. The molecule has 1 aromatic carbocycles. The zero-order chi connectivity index (χ0) is 12.7. The highest BCUT2D eigenvalue weighted by atomic mass is 32.2. The number of unbranched alkanes of at least 4 members (excludes halogenated alkanes) is 1. The van der Waals surface area contributed by atoms with Crippen LogP contribution in [0.2, 0.25) is 0 Å². The third-order valence-electron chi connectivity index (χ3n) is 1.98. The van der Waals surface area contributed by atoms with Gasteiger partial charge in [0.05, 0.1) is 12.2 Å². The smallest absolute Gasteiger partial charge is 0.338 e. The van der Waals surface area contributed by atoms with Gasteiger partial charge in [-0.1, -0.05) is 0 Å². The molecule has 6 heteroatoms. The van der Waals surface area contributed by atoms with Gasteiger partial charge in [0.1, 0.15) is 6.29 Å². The Morgan fingerprint density at radius 2 is 2.00 bits per heavy atom. The summed E-state index contributed by atoms with van der Waals surface area (Å²) in [4.78, 5) is 21.6. The molecule has 0 N–H and O–H groups in total. The highest BCUT2D eigenvalue weighted by molar-refractivity contribution is 7.79. The first-order valence-electron chi connectivity index (χ1n) is 4.95. The molecule has 0 saturated carbocycles. The van der Waals surface area contributed by atoms with Crippen molar-refractivity contribution >= 4 is 23.3 Å². The fraction of sp³-hybridized carbons (Fsp3) is 0.273. The third-order valence-corrected chi connectivity index (χ3v) is 2.64. The number of carbonyl (C=O) groups is 2. The Bertz CT molecular complexity index is 412. The Balaban J connectivity index is 2.51. The number of carbonyl (C=O) groups excluding carboxylic acids is 2. The molecule has 5 nitrogen and oxygen atoms in total. The maximum Gasteiger partial charge on any atom is 0.338 e. The van der Waals surface area contributed by atoms with Gasteiger partial charge in [0.15, 0.2) is 0 Å². The molecule has 0 amide bonds. The van der Waals surface area contributed by atoms with Crippen LogP contribution in [0.5, 0.6) is 0 Å². The first-order chi connectivity index (χ1) is 8.15. The second kappa shape index (κ2) is 6.93. The summed E-state index contributed by atoms with van der Waals surface area (Å²) in [5, 5.41) is 0. The van der Waals surface area contributed by atoms with Crippen LogP contribution in [0.3, 0.4) is 0 Å². The van der Waals surface area contributed by atoms with Gasteiger partial charge in [-0.25, -0.2) is 4.79 Å². The first kappa shape index (κ1) is 13.5. The Labute approximate surface area is 101 Å². The Morgan fingerprint density at radius 1 is 1.35 bits per heavy atom. The van der Waals surface area contributed by atoms with E-state index in [2.05, 4.69) is 0 Å². The van der Waals surface area contributed by atoms with Gasteiger partial charge in [-0.3, -0.25) is 4.21 Å². The number of rotatable bonds is 6. The van der Waals surface area contributed by atoms with Crippen LogP contribution in [0.15, 0.2) is 29.2 Å². The summed E-state index contributed by atoms with van der Waals surface area (Å²) in [6.07, 6.45) is 1.59. The van der Waals surface area contributed by atoms with Crippen molar-refractivity contribution in [3.05, 3.63) is 29.8 Å². The highest BCUT2D eigenvalue weighted by Crippen LogP contribution is 2.08. The Kier molecular flexibility index (Phi) is 5.51. The van der Waals surface area contributed by atoms with E-state index < -0.39 is 17.0 Å². The van der Waals surface area contributed by atoms with E-state index >= 15 is 0 Å². The zero-order valence-electron chi connectivity index (χ0n) is 8.96. The molecular weight excluding hydrogens is 244 g/mol. The van der Waals surface area contributed by atoms with E-state index in [0.717, 1.165) is 6.29 Å². The summed E-state index contributed by atoms with van der Waals surface area (Å²) in [7, 11) is 0. The van der Waals surface area contributed by atoms with E-state index in [4.69, 9.17) is 4.74 Å². The Morgan fingerprint density at radius 3 is 2.53 bits per heavy atom. The predicted molar refractivity (Wildman–Crippen MR) is 59.2 cm³/mol. The minimum absolute atomic E-state index is 0.113. The number of esters is 1. The molecule has 17 heavy (non-hydrogen) atoms. The summed E-state index contributed by atoms with van der Waals surface area (Å²) in [6, 6.07) is 5.41. The minimum Gasteiger partial charge on any atom is -0.768 e. The van der Waals surface area contributed by atoms with Gasteiger partial charge in [-0.2, -0.15) is 0 Å². The van der Waals surface area contributed by atoms with Crippen molar-refractivity contribution in [2.75, 3.05) is 6.61 Å². The number of aldehydes is 1. The van der Waals surface area contributed by atoms with Gasteiger partial charge in [0.2, 0.25) is 0 Å². The highest BCUT2D eigenvalue weighted by Gasteiger charge is 2.06. The number of ether oxygens (including phenoxy) is 1. The number of benzene rings is 1. The monoisotopic (exact) mass is 255 g/mol. The summed E-state index contributed by atoms with van der Waals surface area (Å²) >= 11 is -2.30. The van der Waals surface area contributed by atoms with Crippen LogP contribution in [0.4, 0.5) is 0 Å². The molecule has 0 heterocycles. The molecule has 0 fully saturated rings. The Hall–Kier alpha value is -1.53. The number of hydrogen-bond donors (Lipinski definition) is 0. The van der Waals surface area contributed by atoms with Crippen molar-refractivity contribution in [1.29, 1.82) is 0 Å². The molecule has 1 rings (SSSR count). The molecule has 0 aromatic heterocycles. The van der Waals surface area contributed by atoms with E-state index in [1.165, 1.54) is 24.3 Å². The van der Waals surface area contributed by atoms with Crippen LogP contribution >= 0.6 is 0 Å². The molecule has 0 spiro atoms. The van der Waals surface area contributed by atoms with Crippen molar-refractivity contribution in [1.82, 2.24) is 0 Å². The summed E-state index contributed by atoms with van der Waals surface area (Å²) in [6.45, 7) is 0.173. The molecule has 1 unspecified atom stereocenters. The lowest BCUT2D eigenvalue weighted by Gasteiger charge is -2.06. The van der Waals surface area contributed by atoms with E-state index in [-0.39, 0.29) is 17.1 Å². The SMILES string of the molecule is O=CCCCOC(=O)c1ccc(S(=O)[O-])cc1. The summed E-state index contributed by atoms with van der Waals surface area (Å²) < 4.78 is 26.0. The molecule has 1 atom stereocenters. The molecule has 1 aromatic rings. The molecule has 0 aliphatic carbocycles. The quantitative estimate of drug-likeness (QED) is 0.328. The average Bonchev–Trinajstić information content (AvgIpc) is 2.34. The van der Waals surface area contributed by atoms with Crippen molar-refractivity contribution in [3.8, 4) is 0 Å². The molecule has 92 valence electrons. The maximum atomic E-state index is 11.4. The van der Waals surface area contributed by atoms with Crippen molar-refractivity contribution < 1.29 is 23.1 Å². The minimum atomic E-state index is -2.30. The molecule has 0 radical (unpaired) electrons. The average molecular weight is 255 g/mol. The molecular formula is C11H11O5S-. The van der Waals surface area contributed by atoms with Crippen LogP contribution < -0.4 is 0 Å². The van der Waals surface area contributed by atoms with Crippen molar-refractivity contribution in [3.63, 3.8) is 0 Å². The fourth-order valence-electron chi connectivity index (χ4n) is 1.12. The van der Waals surface area contributed by atoms with Gasteiger partial charge < -0.3 is 14.1 Å². The van der Waals surface area contributed by atoms with E-state index in [1.807, 2.05) is 0 Å². The topological polar surface area (TPSA) is 83.5 Å².